The van der Waals surface area contributed by atoms with Crippen LogP contribution in [0.15, 0.2) is 47.4 Å². The van der Waals surface area contributed by atoms with Crippen molar-refractivity contribution in [3.05, 3.63) is 52.9 Å². The van der Waals surface area contributed by atoms with Gasteiger partial charge in [-0.25, -0.2) is 0 Å². The Labute approximate surface area is 154 Å². The maximum absolute atomic E-state index is 12.7. The third kappa shape index (κ3) is 3.33. The molecule has 0 aromatic heterocycles. The zero-order valence-electron chi connectivity index (χ0n) is 13.6. The number of hydrogen-bond acceptors (Lipinski definition) is 6. The van der Waals surface area contributed by atoms with Gasteiger partial charge in [-0.1, -0.05) is 42.2 Å². The van der Waals surface area contributed by atoms with Crippen LogP contribution in [0.3, 0.4) is 0 Å². The van der Waals surface area contributed by atoms with Crippen LogP contribution >= 0.6 is 24.0 Å². The average Bonchev–Trinajstić information content (AvgIpc) is 2.90. The molecule has 25 heavy (non-hydrogen) atoms. The number of carbonyl (C=O) groups is 1. The van der Waals surface area contributed by atoms with Crippen LogP contribution in [0.4, 0.5) is 5.69 Å². The van der Waals surface area contributed by atoms with Gasteiger partial charge < -0.3 is 14.6 Å². The molecular formula is C18H15NO4S2. The van der Waals surface area contributed by atoms with Crippen molar-refractivity contribution in [3.63, 3.8) is 0 Å². The minimum Gasteiger partial charge on any atom is -0.502 e. The summed E-state index contributed by atoms with van der Waals surface area (Å²) in [4.78, 5) is 14.7. The predicted octanol–water partition coefficient (Wildman–Crippen LogP) is 3.82. The number of ether oxygens (including phenoxy) is 2. The Hall–Kier alpha value is -2.51. The number of benzene rings is 2. The van der Waals surface area contributed by atoms with Crippen LogP contribution < -0.4 is 14.4 Å². The summed E-state index contributed by atoms with van der Waals surface area (Å²) < 4.78 is 10.8. The summed E-state index contributed by atoms with van der Waals surface area (Å²) in [5, 5.41) is 9.99. The Bertz CT molecular complexity index is 840. The van der Waals surface area contributed by atoms with Gasteiger partial charge >= 0.3 is 0 Å². The van der Waals surface area contributed by atoms with Crippen molar-refractivity contribution in [1.29, 1.82) is 0 Å². The summed E-state index contributed by atoms with van der Waals surface area (Å²) in [6.07, 6.45) is 1.70. The van der Waals surface area contributed by atoms with Crippen molar-refractivity contribution < 1.29 is 19.4 Å². The van der Waals surface area contributed by atoms with Gasteiger partial charge in [0.05, 0.1) is 24.8 Å². The number of hydrogen-bond donors (Lipinski definition) is 1. The molecule has 1 fully saturated rings. The Morgan fingerprint density at radius 1 is 1.12 bits per heavy atom. The smallest absolute Gasteiger partial charge is 0.270 e. The number of rotatable bonds is 4. The molecule has 1 N–H and O–H groups in total. The lowest BCUT2D eigenvalue weighted by Gasteiger charge is -2.13. The number of thiocarbonyl (C=S) groups is 1. The van der Waals surface area contributed by atoms with Crippen molar-refractivity contribution in [2.45, 2.75) is 0 Å². The molecule has 1 amide bonds. The molecule has 0 bridgehead atoms. The molecular weight excluding hydrogens is 358 g/mol. The highest BCUT2D eigenvalue weighted by atomic mass is 32.2. The summed E-state index contributed by atoms with van der Waals surface area (Å²) >= 11 is 6.58. The first-order valence-corrected chi connectivity index (χ1v) is 8.55. The fraction of sp³-hybridized carbons (Fsp3) is 0.111. The summed E-state index contributed by atoms with van der Waals surface area (Å²) in [7, 11) is 2.90. The Morgan fingerprint density at radius 3 is 2.28 bits per heavy atom. The number of para-hydroxylation sites is 1. The second kappa shape index (κ2) is 7.16. The molecule has 1 aliphatic heterocycles. The van der Waals surface area contributed by atoms with Gasteiger partial charge in [0.25, 0.3) is 5.91 Å². The first-order chi connectivity index (χ1) is 12.0. The third-order valence-corrected chi connectivity index (χ3v) is 4.91. The molecule has 5 nitrogen and oxygen atoms in total. The Morgan fingerprint density at radius 2 is 1.72 bits per heavy atom. The lowest BCUT2D eigenvalue weighted by Crippen LogP contribution is -2.27. The van der Waals surface area contributed by atoms with E-state index < -0.39 is 0 Å². The van der Waals surface area contributed by atoms with Crippen molar-refractivity contribution in [1.82, 2.24) is 0 Å². The van der Waals surface area contributed by atoms with Gasteiger partial charge in [0.1, 0.15) is 0 Å². The van der Waals surface area contributed by atoms with Gasteiger partial charge in [-0.3, -0.25) is 9.69 Å². The van der Waals surface area contributed by atoms with E-state index in [2.05, 4.69) is 0 Å². The average molecular weight is 373 g/mol. The molecule has 128 valence electrons. The Kier molecular flexibility index (Phi) is 4.96. The van der Waals surface area contributed by atoms with E-state index in [0.29, 0.717) is 14.8 Å². The highest BCUT2D eigenvalue weighted by molar-refractivity contribution is 8.27. The topological polar surface area (TPSA) is 59.0 Å². The molecule has 1 saturated heterocycles. The lowest BCUT2D eigenvalue weighted by molar-refractivity contribution is -0.113. The molecule has 1 aliphatic rings. The van der Waals surface area contributed by atoms with Gasteiger partial charge in [-0.15, -0.1) is 0 Å². The van der Waals surface area contributed by atoms with Crippen molar-refractivity contribution in [2.24, 2.45) is 0 Å². The van der Waals surface area contributed by atoms with E-state index in [0.717, 1.165) is 5.69 Å². The van der Waals surface area contributed by atoms with E-state index in [9.17, 15) is 9.90 Å². The molecule has 1 heterocycles. The number of nitrogens with zero attached hydrogens (tertiary/aromatic N) is 1. The molecule has 0 radical (unpaired) electrons. The zero-order valence-corrected chi connectivity index (χ0v) is 15.2. The van der Waals surface area contributed by atoms with Crippen LogP contribution in [0.5, 0.6) is 17.2 Å². The van der Waals surface area contributed by atoms with E-state index in [1.165, 1.54) is 30.9 Å². The lowest BCUT2D eigenvalue weighted by atomic mass is 10.1. The van der Waals surface area contributed by atoms with Crippen LogP contribution in [0.2, 0.25) is 0 Å². The number of aromatic hydroxyl groups is 1. The number of thioether (sulfide) groups is 1. The molecule has 0 saturated carbocycles. The van der Waals surface area contributed by atoms with Crippen LogP contribution in [0.1, 0.15) is 5.56 Å². The number of amides is 1. The third-order valence-electron chi connectivity index (χ3n) is 3.61. The number of phenolic OH excluding ortho intramolecular Hbond substituents is 1. The molecule has 2 aromatic rings. The number of anilines is 1. The van der Waals surface area contributed by atoms with Gasteiger partial charge in [0.15, 0.2) is 15.8 Å². The van der Waals surface area contributed by atoms with Crippen LogP contribution in [0.25, 0.3) is 6.08 Å². The van der Waals surface area contributed by atoms with E-state index in [1.807, 2.05) is 30.3 Å². The maximum Gasteiger partial charge on any atom is 0.270 e. The van der Waals surface area contributed by atoms with E-state index in [-0.39, 0.29) is 23.2 Å². The second-order valence-electron chi connectivity index (χ2n) is 5.13. The van der Waals surface area contributed by atoms with Crippen LogP contribution in [-0.4, -0.2) is 29.6 Å². The summed E-state index contributed by atoms with van der Waals surface area (Å²) in [5.41, 5.74) is 1.40. The minimum atomic E-state index is -0.188. The van der Waals surface area contributed by atoms with E-state index >= 15 is 0 Å². The van der Waals surface area contributed by atoms with Crippen molar-refractivity contribution >= 4 is 46.0 Å². The van der Waals surface area contributed by atoms with Crippen LogP contribution in [-0.2, 0) is 4.79 Å². The molecule has 0 aliphatic carbocycles. The maximum atomic E-state index is 12.7. The predicted molar refractivity (Wildman–Crippen MR) is 103 cm³/mol. The number of methoxy groups -OCH3 is 2. The highest BCUT2D eigenvalue weighted by Gasteiger charge is 2.33. The highest BCUT2D eigenvalue weighted by Crippen LogP contribution is 2.40. The second-order valence-corrected chi connectivity index (χ2v) is 6.80. The van der Waals surface area contributed by atoms with Gasteiger partial charge in [0.2, 0.25) is 5.75 Å². The van der Waals surface area contributed by atoms with Gasteiger partial charge in [-0.2, -0.15) is 0 Å². The first-order valence-electron chi connectivity index (χ1n) is 7.33. The number of phenols is 1. The molecule has 0 unspecified atom stereocenters. The molecule has 0 spiro atoms. The van der Waals surface area contributed by atoms with E-state index in [1.54, 1.807) is 18.2 Å². The van der Waals surface area contributed by atoms with E-state index in [4.69, 9.17) is 21.7 Å². The van der Waals surface area contributed by atoms with Gasteiger partial charge in [-0.05, 0) is 35.9 Å². The van der Waals surface area contributed by atoms with Crippen LogP contribution in [0, 0.1) is 0 Å². The summed E-state index contributed by atoms with van der Waals surface area (Å²) in [6, 6.07) is 12.5. The summed E-state index contributed by atoms with van der Waals surface area (Å²) in [6.45, 7) is 0. The zero-order chi connectivity index (χ0) is 18.0. The monoisotopic (exact) mass is 373 g/mol. The minimum absolute atomic E-state index is 0.0843. The normalized spacial score (nSPS) is 15.8. The first kappa shape index (κ1) is 17.3. The van der Waals surface area contributed by atoms with Gasteiger partial charge in [0, 0.05) is 0 Å². The summed E-state index contributed by atoms with van der Waals surface area (Å²) in [5.74, 6) is 0.263. The molecule has 3 rings (SSSR count). The number of carbonyl (C=O) groups excluding carboxylic acids is 1. The Balaban J connectivity index is 1.98. The largest absolute Gasteiger partial charge is 0.502 e. The molecule has 7 heteroatoms. The standard InChI is InChI=1S/C18H15NO4S2/c1-22-13-8-11(9-14(23-2)16(13)20)10-15-17(21)19(18(24)25-15)12-6-4-3-5-7-12/h3-10,20H,1-2H3/b15-10+. The fourth-order valence-electron chi connectivity index (χ4n) is 2.42. The quantitative estimate of drug-likeness (QED) is 0.650. The molecule has 0 atom stereocenters. The molecule has 2 aromatic carbocycles. The van der Waals surface area contributed by atoms with Crippen molar-refractivity contribution in [3.8, 4) is 17.2 Å². The van der Waals surface area contributed by atoms with Crippen molar-refractivity contribution in [2.75, 3.05) is 19.1 Å². The fourth-order valence-corrected chi connectivity index (χ4v) is 3.71. The SMILES string of the molecule is COc1cc(/C=C2/SC(=S)N(c3ccccc3)C2=O)cc(OC)c1O.